The first-order valence-electron chi connectivity index (χ1n) is 8.08. The molecule has 1 saturated heterocycles. The van der Waals surface area contributed by atoms with Gasteiger partial charge < -0.3 is 19.9 Å². The quantitative estimate of drug-likeness (QED) is 0.928. The van der Waals surface area contributed by atoms with E-state index in [0.717, 1.165) is 6.42 Å². The van der Waals surface area contributed by atoms with Crippen LogP contribution in [-0.2, 0) is 4.79 Å². The largest absolute Gasteiger partial charge is 0.495 e. The van der Waals surface area contributed by atoms with Gasteiger partial charge in [0.1, 0.15) is 5.75 Å². The van der Waals surface area contributed by atoms with Crippen LogP contribution in [0.25, 0.3) is 0 Å². The zero-order valence-corrected chi connectivity index (χ0v) is 13.6. The number of carbonyl (C=O) groups is 2. The van der Waals surface area contributed by atoms with Crippen LogP contribution in [0, 0.1) is 11.8 Å². The first-order valence-corrected chi connectivity index (χ1v) is 8.08. The minimum Gasteiger partial charge on any atom is -0.495 e. The van der Waals surface area contributed by atoms with E-state index in [1.807, 2.05) is 29.2 Å². The first kappa shape index (κ1) is 15.6. The number of ether oxygens (including phenoxy) is 1. The molecule has 1 aromatic carbocycles. The summed E-state index contributed by atoms with van der Waals surface area (Å²) in [5, 5.41) is 2.88. The highest BCUT2D eigenvalue weighted by atomic mass is 16.5. The van der Waals surface area contributed by atoms with Gasteiger partial charge in [0.05, 0.1) is 12.8 Å². The molecule has 3 rings (SSSR count). The number of anilines is 1. The lowest BCUT2D eigenvalue weighted by molar-refractivity contribution is -0.134. The molecule has 6 heteroatoms. The molecule has 1 aliphatic heterocycles. The molecule has 1 heterocycles. The fourth-order valence-electron chi connectivity index (χ4n) is 2.97. The summed E-state index contributed by atoms with van der Waals surface area (Å²) in [5.74, 6) is 1.62. The SMILES string of the molecule is COc1ccccc1NC(=O)N1CCN(C(=O)[C@@H]2C[C@H]2C)CC1. The van der Waals surface area contributed by atoms with E-state index in [4.69, 9.17) is 4.74 Å². The van der Waals surface area contributed by atoms with Crippen molar-refractivity contribution in [3.05, 3.63) is 24.3 Å². The Morgan fingerprint density at radius 2 is 1.74 bits per heavy atom. The number of nitrogens with one attached hydrogen (secondary N) is 1. The van der Waals surface area contributed by atoms with E-state index in [0.29, 0.717) is 43.5 Å². The molecule has 2 fully saturated rings. The van der Waals surface area contributed by atoms with Crippen LogP contribution < -0.4 is 10.1 Å². The van der Waals surface area contributed by atoms with E-state index in [1.165, 1.54) is 0 Å². The Kier molecular flexibility index (Phi) is 4.41. The Hall–Kier alpha value is -2.24. The average molecular weight is 317 g/mol. The standard InChI is InChI=1S/C17H23N3O3/c1-12-11-13(12)16(21)19-7-9-20(10-8-19)17(22)18-14-5-3-4-6-15(14)23-2/h3-6,12-13H,7-11H2,1-2H3,(H,18,22)/t12-,13-/m1/s1. The van der Waals surface area contributed by atoms with Gasteiger partial charge in [-0.25, -0.2) is 4.79 Å². The Morgan fingerprint density at radius 1 is 1.13 bits per heavy atom. The Bertz CT molecular complexity index is 597. The summed E-state index contributed by atoms with van der Waals surface area (Å²) in [6.07, 6.45) is 1.01. The normalized spacial score (nSPS) is 23.4. The zero-order valence-electron chi connectivity index (χ0n) is 13.6. The van der Waals surface area contributed by atoms with Crippen LogP contribution >= 0.6 is 0 Å². The third kappa shape index (κ3) is 3.41. The van der Waals surface area contributed by atoms with Gasteiger partial charge in [0, 0.05) is 32.1 Å². The molecule has 1 N–H and O–H groups in total. The van der Waals surface area contributed by atoms with Gasteiger partial charge in [-0.15, -0.1) is 0 Å². The summed E-state index contributed by atoms with van der Waals surface area (Å²) in [5.41, 5.74) is 0.658. The van der Waals surface area contributed by atoms with Crippen LogP contribution in [0.2, 0.25) is 0 Å². The number of nitrogens with zero attached hydrogens (tertiary/aromatic N) is 2. The lowest BCUT2D eigenvalue weighted by Crippen LogP contribution is -2.52. The van der Waals surface area contributed by atoms with Gasteiger partial charge in [-0.3, -0.25) is 4.79 Å². The van der Waals surface area contributed by atoms with Crippen LogP contribution in [0.1, 0.15) is 13.3 Å². The minimum absolute atomic E-state index is 0.151. The van der Waals surface area contributed by atoms with Gasteiger partial charge in [0.2, 0.25) is 5.91 Å². The summed E-state index contributed by atoms with van der Waals surface area (Å²) in [6.45, 7) is 4.46. The molecule has 0 bridgehead atoms. The highest BCUT2D eigenvalue weighted by Crippen LogP contribution is 2.39. The molecular weight excluding hydrogens is 294 g/mol. The first-order chi connectivity index (χ1) is 11.1. The van der Waals surface area contributed by atoms with Crippen molar-refractivity contribution in [1.82, 2.24) is 9.80 Å². The van der Waals surface area contributed by atoms with Crippen LogP contribution in [-0.4, -0.2) is 55.0 Å². The molecule has 2 aliphatic rings. The molecule has 3 amide bonds. The number of urea groups is 1. The van der Waals surface area contributed by atoms with Crippen molar-refractivity contribution in [3.8, 4) is 5.75 Å². The average Bonchev–Trinajstić information content (AvgIpc) is 3.31. The van der Waals surface area contributed by atoms with Gasteiger partial charge in [0.15, 0.2) is 0 Å². The molecule has 1 saturated carbocycles. The van der Waals surface area contributed by atoms with Gasteiger partial charge in [-0.1, -0.05) is 19.1 Å². The molecule has 124 valence electrons. The second-order valence-electron chi connectivity index (χ2n) is 6.26. The van der Waals surface area contributed by atoms with Crippen LogP contribution in [0.3, 0.4) is 0 Å². The van der Waals surface area contributed by atoms with Crippen LogP contribution in [0.4, 0.5) is 10.5 Å². The molecular formula is C17H23N3O3. The minimum atomic E-state index is -0.151. The molecule has 23 heavy (non-hydrogen) atoms. The smallest absolute Gasteiger partial charge is 0.322 e. The van der Waals surface area contributed by atoms with E-state index in [2.05, 4.69) is 12.2 Å². The molecule has 1 aliphatic carbocycles. The predicted molar refractivity (Wildman–Crippen MR) is 87.4 cm³/mol. The molecule has 0 spiro atoms. The number of benzene rings is 1. The van der Waals surface area contributed by atoms with Gasteiger partial charge in [-0.05, 0) is 24.5 Å². The van der Waals surface area contributed by atoms with E-state index < -0.39 is 0 Å². The van der Waals surface area contributed by atoms with Gasteiger partial charge in [-0.2, -0.15) is 0 Å². The number of methoxy groups -OCH3 is 1. The van der Waals surface area contributed by atoms with Crippen LogP contribution in [0.5, 0.6) is 5.75 Å². The summed E-state index contributed by atoms with van der Waals surface area (Å²) < 4.78 is 5.24. The maximum atomic E-state index is 12.4. The second-order valence-corrected chi connectivity index (χ2v) is 6.26. The Labute approximate surface area is 136 Å². The fourth-order valence-corrected chi connectivity index (χ4v) is 2.97. The number of carbonyl (C=O) groups excluding carboxylic acids is 2. The monoisotopic (exact) mass is 317 g/mol. The number of piperazine rings is 1. The molecule has 0 radical (unpaired) electrons. The predicted octanol–water partition coefficient (Wildman–Crippen LogP) is 2.03. The number of amides is 3. The van der Waals surface area contributed by atoms with E-state index in [1.54, 1.807) is 12.0 Å². The van der Waals surface area contributed by atoms with E-state index in [-0.39, 0.29) is 17.9 Å². The number of hydrogen-bond donors (Lipinski definition) is 1. The molecule has 0 aromatic heterocycles. The highest BCUT2D eigenvalue weighted by Gasteiger charge is 2.42. The summed E-state index contributed by atoms with van der Waals surface area (Å²) in [6, 6.07) is 7.18. The Morgan fingerprint density at radius 3 is 2.35 bits per heavy atom. The van der Waals surface area contributed by atoms with E-state index >= 15 is 0 Å². The third-order valence-corrected chi connectivity index (χ3v) is 4.65. The van der Waals surface area contributed by atoms with Crippen molar-refractivity contribution in [1.29, 1.82) is 0 Å². The van der Waals surface area contributed by atoms with Crippen molar-refractivity contribution in [2.75, 3.05) is 38.6 Å². The third-order valence-electron chi connectivity index (χ3n) is 4.65. The zero-order chi connectivity index (χ0) is 16.4. The van der Waals surface area contributed by atoms with Crippen LogP contribution in [0.15, 0.2) is 24.3 Å². The maximum absolute atomic E-state index is 12.4. The topological polar surface area (TPSA) is 61.9 Å². The lowest BCUT2D eigenvalue weighted by Gasteiger charge is -2.35. The van der Waals surface area contributed by atoms with Crippen molar-refractivity contribution in [3.63, 3.8) is 0 Å². The van der Waals surface area contributed by atoms with Gasteiger partial charge >= 0.3 is 6.03 Å². The van der Waals surface area contributed by atoms with Crippen molar-refractivity contribution in [2.24, 2.45) is 11.8 Å². The molecule has 2 atom stereocenters. The van der Waals surface area contributed by atoms with Gasteiger partial charge in [0.25, 0.3) is 0 Å². The number of hydrogen-bond acceptors (Lipinski definition) is 3. The fraction of sp³-hybridized carbons (Fsp3) is 0.529. The van der Waals surface area contributed by atoms with Crippen molar-refractivity contribution < 1.29 is 14.3 Å². The maximum Gasteiger partial charge on any atom is 0.322 e. The second kappa shape index (κ2) is 6.48. The summed E-state index contributed by atoms with van der Waals surface area (Å²) in [4.78, 5) is 28.2. The number of rotatable bonds is 3. The lowest BCUT2D eigenvalue weighted by atomic mass is 10.2. The molecule has 0 unspecified atom stereocenters. The van der Waals surface area contributed by atoms with Crippen molar-refractivity contribution in [2.45, 2.75) is 13.3 Å². The summed E-state index contributed by atoms with van der Waals surface area (Å²) in [7, 11) is 1.58. The molecule has 1 aromatic rings. The number of para-hydroxylation sites is 2. The Balaban J connectivity index is 1.53. The molecule has 6 nitrogen and oxygen atoms in total. The van der Waals surface area contributed by atoms with Crippen molar-refractivity contribution >= 4 is 17.6 Å². The highest BCUT2D eigenvalue weighted by molar-refractivity contribution is 5.91. The summed E-state index contributed by atoms with van der Waals surface area (Å²) >= 11 is 0. The van der Waals surface area contributed by atoms with E-state index in [9.17, 15) is 9.59 Å².